The van der Waals surface area contributed by atoms with E-state index in [1.165, 1.54) is 5.56 Å². The lowest BCUT2D eigenvalue weighted by Crippen LogP contribution is -2.56. The maximum atomic E-state index is 11.3. The fourth-order valence-corrected chi connectivity index (χ4v) is 6.18. The van der Waals surface area contributed by atoms with E-state index in [0.29, 0.717) is 11.1 Å². The molecule has 0 saturated heterocycles. The quantitative estimate of drug-likeness (QED) is 0.420. The zero-order chi connectivity index (χ0) is 25.7. The van der Waals surface area contributed by atoms with Crippen molar-refractivity contribution in [1.29, 1.82) is 0 Å². The van der Waals surface area contributed by atoms with Gasteiger partial charge in [0.2, 0.25) is 0 Å². The number of aliphatic hydroxyl groups excluding tert-OH is 2. The van der Waals surface area contributed by atoms with E-state index in [0.717, 1.165) is 39.1 Å². The minimum absolute atomic E-state index is 0.138. The van der Waals surface area contributed by atoms with Gasteiger partial charge in [0.25, 0.3) is 0 Å². The molecule has 36 heavy (non-hydrogen) atoms. The van der Waals surface area contributed by atoms with Gasteiger partial charge in [0.05, 0.1) is 11.1 Å². The van der Waals surface area contributed by atoms with Crippen LogP contribution in [0.5, 0.6) is 0 Å². The van der Waals surface area contributed by atoms with Gasteiger partial charge in [-0.1, -0.05) is 50.2 Å². The highest BCUT2D eigenvalue weighted by Crippen LogP contribution is 2.51. The predicted octanol–water partition coefficient (Wildman–Crippen LogP) is 6.87. The largest absolute Gasteiger partial charge is 0.506 e. The van der Waals surface area contributed by atoms with Gasteiger partial charge >= 0.3 is 0 Å². The van der Waals surface area contributed by atoms with Crippen molar-refractivity contribution in [1.82, 2.24) is 0 Å². The summed E-state index contributed by atoms with van der Waals surface area (Å²) in [6.07, 6.45) is 1.93. The number of hydrogen-bond acceptors (Lipinski definition) is 5. The lowest BCUT2D eigenvalue weighted by Gasteiger charge is -2.50. The van der Waals surface area contributed by atoms with Crippen LogP contribution in [0.3, 0.4) is 0 Å². The molecule has 5 heteroatoms. The number of anilines is 3. The summed E-state index contributed by atoms with van der Waals surface area (Å²) in [5.41, 5.74) is 7.14. The molecule has 0 radical (unpaired) electrons. The average Bonchev–Trinajstić information content (AvgIpc) is 3.05. The first-order chi connectivity index (χ1) is 17.0. The van der Waals surface area contributed by atoms with Crippen molar-refractivity contribution >= 4 is 33.4 Å². The molecule has 3 aromatic rings. The Balaban J connectivity index is 1.46. The molecule has 0 aromatic heterocycles. The standard InChI is InChI=1S/C31H33N3O2/c1-30(2)21-12-8-9-13-22(21)32(5)25(30)17-20-28(35)27(29(20)36)19-15-16-24-26-18(19)11-10-14-23(26)33(6)31(3,4)34(24)7/h8-17,35-36H,1-7H3. The molecule has 0 bridgehead atoms. The third kappa shape index (κ3) is 2.66. The molecule has 2 heterocycles. The zero-order valence-electron chi connectivity index (χ0n) is 22.0. The van der Waals surface area contributed by atoms with Gasteiger partial charge < -0.3 is 24.9 Å². The second-order valence-corrected chi connectivity index (χ2v) is 11.2. The summed E-state index contributed by atoms with van der Waals surface area (Å²) in [6.45, 7) is 8.77. The molecule has 6 rings (SSSR count). The minimum Gasteiger partial charge on any atom is -0.506 e. The van der Waals surface area contributed by atoms with Crippen LogP contribution < -0.4 is 14.7 Å². The summed E-state index contributed by atoms with van der Waals surface area (Å²) in [4.78, 5) is 6.71. The number of allylic oxidation sites excluding steroid dienone is 3. The van der Waals surface area contributed by atoms with Crippen LogP contribution in [-0.4, -0.2) is 37.0 Å². The summed E-state index contributed by atoms with van der Waals surface area (Å²) in [7, 11) is 6.26. The number of hydrogen-bond donors (Lipinski definition) is 2. The van der Waals surface area contributed by atoms with Crippen LogP contribution in [-0.2, 0) is 5.41 Å². The van der Waals surface area contributed by atoms with E-state index in [1.807, 2.05) is 25.3 Å². The summed E-state index contributed by atoms with van der Waals surface area (Å²) in [5.74, 6) is 0.275. The van der Waals surface area contributed by atoms with E-state index < -0.39 is 0 Å². The minimum atomic E-state index is -0.239. The third-order valence-corrected chi connectivity index (χ3v) is 8.84. The molecule has 184 valence electrons. The number of para-hydroxylation sites is 1. The van der Waals surface area contributed by atoms with Gasteiger partial charge in [-0.05, 0) is 54.6 Å². The Labute approximate surface area is 212 Å². The number of benzene rings is 3. The number of likely N-dealkylation sites (N-methyl/N-ethyl adjacent to an activating group) is 1. The molecule has 2 aliphatic heterocycles. The van der Waals surface area contributed by atoms with E-state index in [2.05, 4.69) is 99.0 Å². The molecule has 0 spiro atoms. The Morgan fingerprint density at radius 3 is 2.03 bits per heavy atom. The first kappa shape index (κ1) is 22.6. The summed E-state index contributed by atoms with van der Waals surface area (Å²) >= 11 is 0. The van der Waals surface area contributed by atoms with Crippen LogP contribution in [0.25, 0.3) is 16.3 Å². The zero-order valence-corrected chi connectivity index (χ0v) is 22.0. The first-order valence-electron chi connectivity index (χ1n) is 12.4. The summed E-state index contributed by atoms with van der Waals surface area (Å²) in [5, 5.41) is 24.7. The molecule has 1 aliphatic carbocycles. The molecule has 0 amide bonds. The summed E-state index contributed by atoms with van der Waals surface area (Å²) < 4.78 is 0. The van der Waals surface area contributed by atoms with Gasteiger partial charge in [-0.2, -0.15) is 0 Å². The van der Waals surface area contributed by atoms with Gasteiger partial charge in [0, 0.05) is 54.7 Å². The molecule has 2 N–H and O–H groups in total. The SMILES string of the molecule is CN1C(=CC2=C(O)C(c3ccc4c5c(cccc35)N(C)C(C)(C)N4C)=C2O)C(C)(C)c2ccccc21. The van der Waals surface area contributed by atoms with Crippen LogP contribution in [0.1, 0.15) is 38.8 Å². The van der Waals surface area contributed by atoms with Crippen molar-refractivity contribution in [3.63, 3.8) is 0 Å². The first-order valence-corrected chi connectivity index (χ1v) is 12.4. The highest BCUT2D eigenvalue weighted by atomic mass is 16.3. The maximum Gasteiger partial charge on any atom is 0.138 e. The Morgan fingerprint density at radius 2 is 1.36 bits per heavy atom. The van der Waals surface area contributed by atoms with E-state index >= 15 is 0 Å². The second-order valence-electron chi connectivity index (χ2n) is 11.2. The number of rotatable bonds is 2. The Morgan fingerprint density at radius 1 is 0.722 bits per heavy atom. The molecular formula is C31H33N3O2. The third-order valence-electron chi connectivity index (χ3n) is 8.84. The molecule has 3 aromatic carbocycles. The van der Waals surface area contributed by atoms with Gasteiger partial charge in [-0.25, -0.2) is 0 Å². The average molecular weight is 480 g/mol. The molecule has 5 nitrogen and oxygen atoms in total. The van der Waals surface area contributed by atoms with Gasteiger partial charge in [-0.15, -0.1) is 0 Å². The van der Waals surface area contributed by atoms with Gasteiger partial charge in [0.15, 0.2) is 0 Å². The van der Waals surface area contributed by atoms with Crippen LogP contribution in [0.4, 0.5) is 17.1 Å². The molecule has 0 saturated carbocycles. The second kappa shape index (κ2) is 7.10. The highest BCUT2D eigenvalue weighted by Gasteiger charge is 2.41. The number of aliphatic hydroxyl groups is 2. The fraction of sp³-hybridized carbons (Fsp3) is 0.290. The number of nitrogens with zero attached hydrogens (tertiary/aromatic N) is 3. The normalized spacial score (nSPS) is 21.0. The monoisotopic (exact) mass is 479 g/mol. The van der Waals surface area contributed by atoms with Crippen molar-refractivity contribution < 1.29 is 10.2 Å². The van der Waals surface area contributed by atoms with Crippen LogP contribution in [0.15, 0.2) is 83.5 Å². The van der Waals surface area contributed by atoms with Crippen molar-refractivity contribution in [2.45, 2.75) is 38.8 Å². The van der Waals surface area contributed by atoms with Crippen LogP contribution >= 0.6 is 0 Å². The molecule has 3 aliphatic rings. The smallest absolute Gasteiger partial charge is 0.138 e. The van der Waals surface area contributed by atoms with E-state index in [1.54, 1.807) is 0 Å². The van der Waals surface area contributed by atoms with Crippen LogP contribution in [0, 0.1) is 0 Å². The Hall–Kier alpha value is -3.86. The predicted molar refractivity (Wildman–Crippen MR) is 150 cm³/mol. The molecular weight excluding hydrogens is 446 g/mol. The number of fused-ring (bicyclic) bond motifs is 1. The van der Waals surface area contributed by atoms with E-state index in [4.69, 9.17) is 0 Å². The Bertz CT molecular complexity index is 1540. The van der Waals surface area contributed by atoms with Crippen molar-refractivity contribution in [3.8, 4) is 0 Å². The lowest BCUT2D eigenvalue weighted by atomic mass is 9.80. The van der Waals surface area contributed by atoms with E-state index in [-0.39, 0.29) is 22.6 Å². The highest BCUT2D eigenvalue weighted by molar-refractivity contribution is 6.12. The van der Waals surface area contributed by atoms with Crippen LogP contribution in [0.2, 0.25) is 0 Å². The Kier molecular flexibility index (Phi) is 4.45. The summed E-state index contributed by atoms with van der Waals surface area (Å²) in [6, 6.07) is 18.7. The van der Waals surface area contributed by atoms with E-state index in [9.17, 15) is 10.2 Å². The van der Waals surface area contributed by atoms with Gasteiger partial charge in [0.1, 0.15) is 17.2 Å². The maximum absolute atomic E-state index is 11.3. The topological polar surface area (TPSA) is 50.2 Å². The fourth-order valence-electron chi connectivity index (χ4n) is 6.18. The van der Waals surface area contributed by atoms with Crippen molar-refractivity contribution in [3.05, 3.63) is 94.6 Å². The molecule has 0 fully saturated rings. The van der Waals surface area contributed by atoms with Crippen molar-refractivity contribution in [2.75, 3.05) is 35.8 Å². The van der Waals surface area contributed by atoms with Gasteiger partial charge in [-0.3, -0.25) is 0 Å². The molecule has 0 atom stereocenters. The lowest BCUT2D eigenvalue weighted by molar-refractivity contribution is 0.372. The molecule has 0 unspecified atom stereocenters. The van der Waals surface area contributed by atoms with Crippen molar-refractivity contribution in [2.24, 2.45) is 0 Å².